The van der Waals surface area contributed by atoms with Gasteiger partial charge < -0.3 is 29.5 Å². The second-order valence-corrected chi connectivity index (χ2v) is 10.0. The molecule has 2 aliphatic heterocycles. The second kappa shape index (κ2) is 13.2. The summed E-state index contributed by atoms with van der Waals surface area (Å²) in [6.07, 6.45) is -4.41. The molecule has 2 saturated heterocycles. The van der Waals surface area contributed by atoms with E-state index in [2.05, 4.69) is 19.2 Å². The topological polar surface area (TPSA) is 117 Å². The number of hydrogen-bond acceptors (Lipinski definition) is 6. The van der Waals surface area contributed by atoms with E-state index < -0.39 is 12.1 Å². The summed E-state index contributed by atoms with van der Waals surface area (Å²) < 4.78 is 39.1. The molecule has 2 atom stereocenters. The van der Waals surface area contributed by atoms with Crippen LogP contribution >= 0.6 is 0 Å². The molecule has 13 heteroatoms. The first kappa shape index (κ1) is 30.4. The highest BCUT2D eigenvalue weighted by atomic mass is 19.4. The van der Waals surface area contributed by atoms with E-state index in [1.54, 1.807) is 0 Å². The number of aromatic nitrogens is 2. The first-order valence-electron chi connectivity index (χ1n) is 13.1. The molecule has 0 unspecified atom stereocenters. The number of imidazole rings is 1. The van der Waals surface area contributed by atoms with E-state index >= 15 is 0 Å². The number of para-hydroxylation sites is 2. The molecule has 0 spiro atoms. The lowest BCUT2D eigenvalue weighted by molar-refractivity contribution is -0.192. The van der Waals surface area contributed by atoms with Crippen LogP contribution in [0.4, 0.5) is 13.2 Å². The average Bonchev–Trinajstić information content (AvgIpc) is 3.30. The van der Waals surface area contributed by atoms with Crippen molar-refractivity contribution in [2.45, 2.75) is 46.0 Å². The van der Waals surface area contributed by atoms with Gasteiger partial charge in [-0.1, -0.05) is 26.0 Å². The van der Waals surface area contributed by atoms with E-state index in [0.717, 1.165) is 11.0 Å². The Kier molecular flexibility index (Phi) is 10.3. The lowest BCUT2D eigenvalue weighted by atomic mass is 9.92. The minimum absolute atomic E-state index is 0.0428. The average molecular weight is 556 g/mol. The first-order valence-corrected chi connectivity index (χ1v) is 13.1. The van der Waals surface area contributed by atoms with Gasteiger partial charge in [0.1, 0.15) is 0 Å². The van der Waals surface area contributed by atoms with Gasteiger partial charge in [-0.15, -0.1) is 0 Å². The zero-order chi connectivity index (χ0) is 28.7. The summed E-state index contributed by atoms with van der Waals surface area (Å²) in [6, 6.07) is 7.84. The smallest absolute Gasteiger partial charge is 0.475 e. The third-order valence-electron chi connectivity index (χ3n) is 6.67. The van der Waals surface area contributed by atoms with E-state index in [4.69, 9.17) is 19.6 Å². The molecule has 2 N–H and O–H groups in total. The molecule has 0 saturated carbocycles. The Balaban J connectivity index is 0.000000532. The second-order valence-electron chi connectivity index (χ2n) is 10.0. The van der Waals surface area contributed by atoms with Crippen LogP contribution in [0.2, 0.25) is 0 Å². The van der Waals surface area contributed by atoms with Crippen molar-refractivity contribution in [1.82, 2.24) is 24.7 Å². The number of carboxylic acids is 1. The number of rotatable bonds is 6. The first-order chi connectivity index (χ1) is 18.4. The fraction of sp³-hybridized carbons (Fsp3) is 0.615. The number of fused-ring (bicyclic) bond motifs is 1. The van der Waals surface area contributed by atoms with Crippen molar-refractivity contribution in [1.29, 1.82) is 0 Å². The molecule has 0 bridgehead atoms. The quantitative estimate of drug-likeness (QED) is 0.563. The van der Waals surface area contributed by atoms with Crippen LogP contribution in [-0.4, -0.2) is 100 Å². The van der Waals surface area contributed by atoms with Gasteiger partial charge in [0.15, 0.2) is 5.82 Å². The molecule has 0 radical (unpaired) electrons. The van der Waals surface area contributed by atoms with Crippen molar-refractivity contribution in [2.24, 2.45) is 11.8 Å². The number of carboxylic acid groups (broad SMARTS) is 1. The Hall–Kier alpha value is -3.19. The normalized spacial score (nSPS) is 19.9. The fourth-order valence-electron chi connectivity index (χ4n) is 4.87. The van der Waals surface area contributed by atoms with Crippen molar-refractivity contribution < 1.29 is 37.4 Å². The van der Waals surface area contributed by atoms with Crippen LogP contribution in [0.15, 0.2) is 24.3 Å². The van der Waals surface area contributed by atoms with Gasteiger partial charge in [0.05, 0.1) is 30.2 Å². The number of nitrogens with zero attached hydrogens (tertiary/aromatic N) is 4. The molecule has 2 fully saturated rings. The molecule has 1 aromatic heterocycles. The molecule has 216 valence electrons. The van der Waals surface area contributed by atoms with Gasteiger partial charge in [-0.05, 0) is 31.4 Å². The van der Waals surface area contributed by atoms with Crippen molar-refractivity contribution in [3.63, 3.8) is 0 Å². The minimum Gasteiger partial charge on any atom is -0.475 e. The van der Waals surface area contributed by atoms with Gasteiger partial charge in [0.25, 0.3) is 5.91 Å². The lowest BCUT2D eigenvalue weighted by Crippen LogP contribution is -2.56. The van der Waals surface area contributed by atoms with Crippen LogP contribution in [0, 0.1) is 11.8 Å². The van der Waals surface area contributed by atoms with E-state index in [0.29, 0.717) is 70.6 Å². The molecule has 10 nitrogen and oxygen atoms in total. The van der Waals surface area contributed by atoms with Gasteiger partial charge in [0.2, 0.25) is 5.91 Å². The van der Waals surface area contributed by atoms with Crippen molar-refractivity contribution >= 4 is 28.8 Å². The number of carbonyl (C=O) groups is 3. The predicted molar refractivity (Wildman–Crippen MR) is 137 cm³/mol. The maximum Gasteiger partial charge on any atom is 0.490 e. The molecule has 39 heavy (non-hydrogen) atoms. The number of hydrogen-bond donors (Lipinski definition) is 2. The number of ether oxygens (including phenoxy) is 1. The van der Waals surface area contributed by atoms with Crippen LogP contribution in [0.25, 0.3) is 11.0 Å². The number of amides is 2. The number of alkyl halides is 3. The molecular formula is C26H36F3N5O5. The number of carbonyl (C=O) groups excluding carboxylic acids is 2. The Bertz CT molecular complexity index is 1150. The highest BCUT2D eigenvalue weighted by molar-refractivity contribution is 5.95. The zero-order valence-electron chi connectivity index (χ0n) is 22.4. The highest BCUT2D eigenvalue weighted by Crippen LogP contribution is 2.24. The maximum atomic E-state index is 13.8. The molecule has 2 amide bonds. The summed E-state index contributed by atoms with van der Waals surface area (Å²) in [5.74, 6) is -1.97. The number of aryl methyl sites for hydroxylation is 1. The van der Waals surface area contributed by atoms with Crippen LogP contribution in [0.1, 0.15) is 37.8 Å². The number of piperidine rings is 1. The predicted octanol–water partition coefficient (Wildman–Crippen LogP) is 2.62. The van der Waals surface area contributed by atoms with Crippen LogP contribution in [0.3, 0.4) is 0 Å². The Labute approximate surface area is 225 Å². The SMILES string of the molecule is CCn1c(C(=O)N(CC(C)C)[C@H]2CNC[C@@H](C(=O)N3CCOCC3)C2)nc2ccccc21.O=C(O)C(F)(F)F. The molecule has 4 rings (SSSR count). The molecule has 1 aromatic carbocycles. The van der Waals surface area contributed by atoms with Gasteiger partial charge in [0, 0.05) is 45.3 Å². The number of nitrogens with one attached hydrogen (secondary N) is 1. The summed E-state index contributed by atoms with van der Waals surface area (Å²) >= 11 is 0. The third kappa shape index (κ3) is 7.69. The Morgan fingerprint density at radius 1 is 1.18 bits per heavy atom. The molecule has 2 aliphatic rings. The summed E-state index contributed by atoms with van der Waals surface area (Å²) in [5.41, 5.74) is 1.81. The number of morpholine rings is 1. The Morgan fingerprint density at radius 2 is 1.82 bits per heavy atom. The van der Waals surface area contributed by atoms with E-state index in [1.807, 2.05) is 45.6 Å². The summed E-state index contributed by atoms with van der Waals surface area (Å²) in [6.45, 7) is 11.4. The van der Waals surface area contributed by atoms with Crippen LogP contribution in [0.5, 0.6) is 0 Å². The largest absolute Gasteiger partial charge is 0.490 e. The van der Waals surface area contributed by atoms with E-state index in [1.165, 1.54) is 0 Å². The van der Waals surface area contributed by atoms with Gasteiger partial charge in [-0.3, -0.25) is 9.59 Å². The van der Waals surface area contributed by atoms with Gasteiger partial charge in [-0.25, -0.2) is 9.78 Å². The Morgan fingerprint density at radius 3 is 2.41 bits per heavy atom. The number of halogens is 3. The summed E-state index contributed by atoms with van der Waals surface area (Å²) in [5, 5.41) is 10.5. The zero-order valence-corrected chi connectivity index (χ0v) is 22.4. The van der Waals surface area contributed by atoms with Gasteiger partial charge >= 0.3 is 12.1 Å². The van der Waals surface area contributed by atoms with Crippen molar-refractivity contribution in [3.05, 3.63) is 30.1 Å². The number of benzene rings is 1. The molecule has 2 aromatic rings. The molecule has 0 aliphatic carbocycles. The number of aliphatic carboxylic acids is 1. The standard InChI is InChI=1S/C24H35N5O3.C2HF3O2/c1-4-28-21-8-6-5-7-20(21)26-22(28)24(31)29(16-17(2)3)19-13-18(14-25-15-19)23(30)27-9-11-32-12-10-27;3-2(4,5)1(6)7/h5-8,17-19,25H,4,9-16H2,1-3H3;(H,6,7)/t18-,19+;/m0./s1. The molecule has 3 heterocycles. The minimum atomic E-state index is -5.08. The fourth-order valence-corrected chi connectivity index (χ4v) is 4.87. The van der Waals surface area contributed by atoms with E-state index in [-0.39, 0.29) is 23.8 Å². The van der Waals surface area contributed by atoms with Crippen LogP contribution in [-0.2, 0) is 20.9 Å². The van der Waals surface area contributed by atoms with Crippen LogP contribution < -0.4 is 5.32 Å². The monoisotopic (exact) mass is 555 g/mol. The van der Waals surface area contributed by atoms with Crippen molar-refractivity contribution in [2.75, 3.05) is 45.9 Å². The molecular weight excluding hydrogens is 519 g/mol. The van der Waals surface area contributed by atoms with E-state index in [9.17, 15) is 22.8 Å². The van der Waals surface area contributed by atoms with Gasteiger partial charge in [-0.2, -0.15) is 13.2 Å². The van der Waals surface area contributed by atoms with Crippen molar-refractivity contribution in [3.8, 4) is 0 Å². The summed E-state index contributed by atoms with van der Waals surface area (Å²) in [4.78, 5) is 44.4. The maximum absolute atomic E-state index is 13.8. The lowest BCUT2D eigenvalue weighted by Gasteiger charge is -2.40. The highest BCUT2D eigenvalue weighted by Gasteiger charge is 2.38. The third-order valence-corrected chi connectivity index (χ3v) is 6.67. The summed E-state index contributed by atoms with van der Waals surface area (Å²) in [7, 11) is 0.